The Morgan fingerprint density at radius 2 is 2.17 bits per heavy atom. The van der Waals surface area contributed by atoms with Crippen LogP contribution >= 0.6 is 0 Å². The van der Waals surface area contributed by atoms with Crippen molar-refractivity contribution >= 4 is 33.4 Å². The molecule has 156 valence electrons. The molecule has 1 fully saturated rings. The Hall–Kier alpha value is -2.82. The minimum absolute atomic E-state index is 0.0409. The number of sulfonamides is 1. The zero-order valence-electron chi connectivity index (χ0n) is 16.2. The van der Waals surface area contributed by atoms with Crippen molar-refractivity contribution in [1.82, 2.24) is 20.5 Å². The molecule has 11 heteroatoms. The number of fused-ring (bicyclic) bond motifs is 1. The second kappa shape index (κ2) is 7.54. The molecule has 4 N–H and O–H groups in total. The van der Waals surface area contributed by atoms with E-state index < -0.39 is 10.0 Å². The van der Waals surface area contributed by atoms with Crippen LogP contribution in [0.5, 0.6) is 0 Å². The van der Waals surface area contributed by atoms with Crippen molar-refractivity contribution in [2.45, 2.75) is 56.9 Å². The molecule has 0 saturated heterocycles. The topological polar surface area (TPSA) is 138 Å². The van der Waals surface area contributed by atoms with Gasteiger partial charge in [-0.15, -0.1) is 0 Å². The predicted molar refractivity (Wildman–Crippen MR) is 107 cm³/mol. The molecule has 3 heterocycles. The van der Waals surface area contributed by atoms with Gasteiger partial charge in [-0.2, -0.15) is 5.10 Å². The SMILES string of the molecule is CC(C)NC(=O)O[C@H]1CC[C@@H](c2cc(Nc3nccc4c3CS(=O)(=O)N4)n[nH]2)C1. The van der Waals surface area contributed by atoms with Gasteiger partial charge in [0.05, 0.1) is 11.4 Å². The standard InChI is InChI=1S/C18H24N6O4S/c1-10(2)20-18(25)28-12-4-3-11(7-12)15-8-16(23-22-15)21-17-13-9-29(26,27)24-14(13)5-6-19-17/h5-6,8,10-12,24H,3-4,7,9H2,1-2H3,(H,20,25)(H2,19,21,22,23)/t11-,12+/m1/s1. The van der Waals surface area contributed by atoms with Crippen LogP contribution in [0.15, 0.2) is 18.3 Å². The Kier molecular flexibility index (Phi) is 5.07. The molecule has 1 saturated carbocycles. The predicted octanol–water partition coefficient (Wildman–Crippen LogP) is 2.57. The number of hydrogen-bond acceptors (Lipinski definition) is 7. The smallest absolute Gasteiger partial charge is 0.407 e. The van der Waals surface area contributed by atoms with Gasteiger partial charge in [0.15, 0.2) is 5.82 Å². The first-order valence-corrected chi connectivity index (χ1v) is 11.2. The molecule has 0 aromatic carbocycles. The van der Waals surface area contributed by atoms with E-state index in [4.69, 9.17) is 4.74 Å². The fraction of sp³-hybridized carbons (Fsp3) is 0.500. The zero-order valence-corrected chi connectivity index (χ0v) is 17.0. The molecule has 0 radical (unpaired) electrons. The summed E-state index contributed by atoms with van der Waals surface area (Å²) >= 11 is 0. The van der Waals surface area contributed by atoms with E-state index in [0.717, 1.165) is 25.0 Å². The maximum Gasteiger partial charge on any atom is 0.407 e. The minimum Gasteiger partial charge on any atom is -0.446 e. The molecular formula is C18H24N6O4S. The molecule has 2 aromatic rings. The van der Waals surface area contributed by atoms with Crippen molar-refractivity contribution < 1.29 is 17.9 Å². The number of H-pyrrole nitrogens is 1. The lowest BCUT2D eigenvalue weighted by Gasteiger charge is -2.14. The molecule has 2 atom stereocenters. The number of alkyl carbamates (subject to hydrolysis) is 1. The number of hydrogen-bond donors (Lipinski definition) is 4. The summed E-state index contributed by atoms with van der Waals surface area (Å²) in [5.74, 6) is 1.13. The van der Waals surface area contributed by atoms with Gasteiger partial charge in [-0.25, -0.2) is 18.2 Å². The van der Waals surface area contributed by atoms with E-state index in [1.807, 2.05) is 19.9 Å². The highest BCUT2D eigenvalue weighted by atomic mass is 32.2. The number of aromatic amines is 1. The summed E-state index contributed by atoms with van der Waals surface area (Å²) < 4.78 is 31.6. The van der Waals surface area contributed by atoms with Crippen LogP contribution in [0.25, 0.3) is 0 Å². The first kappa shape index (κ1) is 19.5. The van der Waals surface area contributed by atoms with Crippen molar-refractivity contribution in [2.24, 2.45) is 0 Å². The molecule has 29 heavy (non-hydrogen) atoms. The number of amides is 1. The molecule has 1 amide bonds. The van der Waals surface area contributed by atoms with Crippen LogP contribution in [0.2, 0.25) is 0 Å². The van der Waals surface area contributed by atoms with Gasteiger partial charge in [-0.3, -0.25) is 9.82 Å². The number of rotatable bonds is 5. The van der Waals surface area contributed by atoms with E-state index in [9.17, 15) is 13.2 Å². The van der Waals surface area contributed by atoms with Crippen LogP contribution in [0.1, 0.15) is 50.3 Å². The highest BCUT2D eigenvalue weighted by Gasteiger charge is 2.31. The highest BCUT2D eigenvalue weighted by molar-refractivity contribution is 7.92. The maximum atomic E-state index is 11.8. The van der Waals surface area contributed by atoms with Crippen LogP contribution in [0, 0.1) is 0 Å². The molecule has 1 aliphatic carbocycles. The van der Waals surface area contributed by atoms with Gasteiger partial charge < -0.3 is 15.4 Å². The molecule has 2 aromatic heterocycles. The Bertz CT molecular complexity index is 1020. The van der Waals surface area contributed by atoms with Gasteiger partial charge in [0.2, 0.25) is 10.0 Å². The average molecular weight is 420 g/mol. The summed E-state index contributed by atoms with van der Waals surface area (Å²) in [6.45, 7) is 3.78. The molecule has 0 unspecified atom stereocenters. The van der Waals surface area contributed by atoms with Crippen LogP contribution in [0.3, 0.4) is 0 Å². The van der Waals surface area contributed by atoms with Crippen LogP contribution in [0.4, 0.5) is 22.1 Å². The maximum absolute atomic E-state index is 11.8. The van der Waals surface area contributed by atoms with Gasteiger partial charge in [0, 0.05) is 35.5 Å². The third kappa shape index (κ3) is 4.44. The zero-order chi connectivity index (χ0) is 20.6. The Morgan fingerprint density at radius 1 is 1.34 bits per heavy atom. The molecule has 2 aliphatic rings. The Morgan fingerprint density at radius 3 is 2.97 bits per heavy atom. The largest absolute Gasteiger partial charge is 0.446 e. The Balaban J connectivity index is 1.39. The molecule has 0 bridgehead atoms. The van der Waals surface area contributed by atoms with E-state index in [-0.39, 0.29) is 29.9 Å². The van der Waals surface area contributed by atoms with Crippen LogP contribution < -0.4 is 15.4 Å². The van der Waals surface area contributed by atoms with Crippen molar-refractivity contribution in [3.05, 3.63) is 29.6 Å². The third-order valence-corrected chi connectivity index (χ3v) is 6.20. The number of nitrogens with zero attached hydrogens (tertiary/aromatic N) is 2. The summed E-state index contributed by atoms with van der Waals surface area (Å²) in [4.78, 5) is 16.0. The fourth-order valence-electron chi connectivity index (χ4n) is 3.72. The number of carbonyl (C=O) groups is 1. The summed E-state index contributed by atoms with van der Waals surface area (Å²) in [5, 5.41) is 13.1. The minimum atomic E-state index is -3.36. The van der Waals surface area contributed by atoms with Gasteiger partial charge >= 0.3 is 6.09 Å². The summed E-state index contributed by atoms with van der Waals surface area (Å²) in [6.07, 6.45) is 3.47. The van der Waals surface area contributed by atoms with Gasteiger partial charge in [-0.1, -0.05) is 0 Å². The van der Waals surface area contributed by atoms with Crippen LogP contribution in [-0.4, -0.2) is 41.8 Å². The highest BCUT2D eigenvalue weighted by Crippen LogP contribution is 2.37. The van der Waals surface area contributed by atoms with E-state index in [1.165, 1.54) is 0 Å². The lowest BCUT2D eigenvalue weighted by molar-refractivity contribution is 0.0981. The number of carbonyl (C=O) groups excluding carboxylic acids is 1. The van der Waals surface area contributed by atoms with E-state index >= 15 is 0 Å². The molecular weight excluding hydrogens is 396 g/mol. The first-order valence-electron chi connectivity index (χ1n) is 9.57. The summed E-state index contributed by atoms with van der Waals surface area (Å²) in [6, 6.07) is 3.56. The Labute approximate surface area is 168 Å². The molecule has 0 spiro atoms. The van der Waals surface area contributed by atoms with Crippen molar-refractivity contribution in [3.8, 4) is 0 Å². The summed E-state index contributed by atoms with van der Waals surface area (Å²) in [7, 11) is -3.36. The first-order chi connectivity index (χ1) is 13.8. The van der Waals surface area contributed by atoms with E-state index in [0.29, 0.717) is 22.9 Å². The van der Waals surface area contributed by atoms with Gasteiger partial charge in [0.25, 0.3) is 0 Å². The number of aromatic nitrogens is 3. The normalized spacial score (nSPS) is 22.2. The fourth-order valence-corrected chi connectivity index (χ4v) is 4.99. The average Bonchev–Trinajstić information content (AvgIpc) is 3.32. The lowest BCUT2D eigenvalue weighted by Crippen LogP contribution is -2.33. The quantitative estimate of drug-likeness (QED) is 0.583. The summed E-state index contributed by atoms with van der Waals surface area (Å²) in [5.41, 5.74) is 2.08. The number of pyridine rings is 1. The molecule has 10 nitrogen and oxygen atoms in total. The van der Waals surface area contributed by atoms with Gasteiger partial charge in [0.1, 0.15) is 11.9 Å². The lowest BCUT2D eigenvalue weighted by atomic mass is 10.0. The number of nitrogens with one attached hydrogen (secondary N) is 4. The third-order valence-electron chi connectivity index (χ3n) is 5.00. The van der Waals surface area contributed by atoms with Crippen molar-refractivity contribution in [2.75, 3.05) is 10.0 Å². The van der Waals surface area contributed by atoms with E-state index in [1.54, 1.807) is 12.3 Å². The van der Waals surface area contributed by atoms with Crippen LogP contribution in [-0.2, 0) is 20.5 Å². The number of anilines is 3. The van der Waals surface area contributed by atoms with Gasteiger partial charge in [-0.05, 0) is 39.2 Å². The van der Waals surface area contributed by atoms with Crippen molar-refractivity contribution in [3.63, 3.8) is 0 Å². The van der Waals surface area contributed by atoms with E-state index in [2.05, 4.69) is 30.5 Å². The monoisotopic (exact) mass is 420 g/mol. The molecule has 4 rings (SSSR count). The second-order valence-electron chi connectivity index (χ2n) is 7.72. The van der Waals surface area contributed by atoms with Crippen molar-refractivity contribution in [1.29, 1.82) is 0 Å². The second-order valence-corrected chi connectivity index (χ2v) is 9.44. The molecule has 1 aliphatic heterocycles. The number of ether oxygens (including phenoxy) is 1.